The SMILES string of the molecule is O=C(CCn1[nH]c(=O)c2ccccc2c1=O)NCc1cccc(NC(=O)N2CCCC2)c1. The van der Waals surface area contributed by atoms with Crippen molar-refractivity contribution in [3.05, 3.63) is 74.8 Å². The van der Waals surface area contributed by atoms with Gasteiger partial charge >= 0.3 is 6.03 Å². The number of nitrogens with one attached hydrogen (secondary N) is 3. The Kier molecular flexibility index (Phi) is 6.34. The monoisotopic (exact) mass is 435 g/mol. The van der Waals surface area contributed by atoms with Gasteiger partial charge in [0.2, 0.25) is 5.91 Å². The largest absolute Gasteiger partial charge is 0.352 e. The molecule has 1 aliphatic rings. The first-order valence-electron chi connectivity index (χ1n) is 10.6. The van der Waals surface area contributed by atoms with Gasteiger partial charge in [-0.1, -0.05) is 24.3 Å². The Balaban J connectivity index is 1.32. The molecule has 1 saturated heterocycles. The molecule has 3 N–H and O–H groups in total. The first-order chi connectivity index (χ1) is 15.5. The molecule has 3 aromatic rings. The van der Waals surface area contributed by atoms with Gasteiger partial charge in [-0.3, -0.25) is 19.5 Å². The fourth-order valence-corrected chi connectivity index (χ4v) is 3.79. The number of hydrogen-bond acceptors (Lipinski definition) is 4. The van der Waals surface area contributed by atoms with E-state index in [2.05, 4.69) is 15.7 Å². The van der Waals surface area contributed by atoms with Crippen molar-refractivity contribution in [2.24, 2.45) is 0 Å². The number of aryl methyl sites for hydroxylation is 1. The Labute approximate surface area is 184 Å². The van der Waals surface area contributed by atoms with Gasteiger partial charge in [0.15, 0.2) is 0 Å². The average molecular weight is 435 g/mol. The smallest absolute Gasteiger partial charge is 0.321 e. The molecule has 9 nitrogen and oxygen atoms in total. The van der Waals surface area contributed by atoms with Gasteiger partial charge in [-0.2, -0.15) is 0 Å². The molecule has 4 rings (SSSR count). The molecule has 1 aliphatic heterocycles. The van der Waals surface area contributed by atoms with Crippen molar-refractivity contribution in [2.45, 2.75) is 32.4 Å². The van der Waals surface area contributed by atoms with E-state index in [0.717, 1.165) is 31.5 Å². The highest BCUT2D eigenvalue weighted by Gasteiger charge is 2.17. The maximum absolute atomic E-state index is 12.5. The number of carbonyl (C=O) groups is 2. The van der Waals surface area contributed by atoms with E-state index < -0.39 is 0 Å². The number of fused-ring (bicyclic) bond motifs is 1. The third kappa shape index (κ3) is 4.88. The van der Waals surface area contributed by atoms with Gasteiger partial charge in [-0.05, 0) is 42.7 Å². The van der Waals surface area contributed by atoms with Crippen molar-refractivity contribution in [1.29, 1.82) is 0 Å². The van der Waals surface area contributed by atoms with Crippen LogP contribution in [-0.2, 0) is 17.9 Å². The summed E-state index contributed by atoms with van der Waals surface area (Å²) in [7, 11) is 0. The Morgan fingerprint density at radius 1 is 0.969 bits per heavy atom. The summed E-state index contributed by atoms with van der Waals surface area (Å²) >= 11 is 0. The number of nitrogens with zero attached hydrogens (tertiary/aromatic N) is 2. The number of hydrogen-bond donors (Lipinski definition) is 3. The van der Waals surface area contributed by atoms with Gasteiger partial charge in [0, 0.05) is 31.7 Å². The number of rotatable bonds is 6. The van der Waals surface area contributed by atoms with Crippen molar-refractivity contribution < 1.29 is 9.59 Å². The van der Waals surface area contributed by atoms with Crippen LogP contribution in [0.5, 0.6) is 0 Å². The van der Waals surface area contributed by atoms with Gasteiger partial charge < -0.3 is 15.5 Å². The Morgan fingerprint density at radius 3 is 2.50 bits per heavy atom. The van der Waals surface area contributed by atoms with E-state index in [-0.39, 0.29) is 42.6 Å². The van der Waals surface area contributed by atoms with Crippen LogP contribution in [-0.4, -0.2) is 39.7 Å². The molecule has 32 heavy (non-hydrogen) atoms. The van der Waals surface area contributed by atoms with Crippen LogP contribution in [0.2, 0.25) is 0 Å². The Hall–Kier alpha value is -3.88. The van der Waals surface area contributed by atoms with E-state index in [1.54, 1.807) is 29.2 Å². The minimum Gasteiger partial charge on any atom is -0.352 e. The Morgan fingerprint density at radius 2 is 1.72 bits per heavy atom. The highest BCUT2D eigenvalue weighted by Crippen LogP contribution is 2.14. The van der Waals surface area contributed by atoms with Crippen LogP contribution in [0.25, 0.3) is 10.8 Å². The number of H-pyrrole nitrogens is 1. The molecule has 0 unspecified atom stereocenters. The number of likely N-dealkylation sites (tertiary alicyclic amines) is 1. The van der Waals surface area contributed by atoms with Crippen LogP contribution < -0.4 is 21.8 Å². The normalized spacial score (nSPS) is 13.3. The molecule has 9 heteroatoms. The zero-order valence-electron chi connectivity index (χ0n) is 17.6. The molecule has 2 heterocycles. The van der Waals surface area contributed by atoms with Gasteiger partial charge in [-0.25, -0.2) is 9.48 Å². The van der Waals surface area contributed by atoms with Crippen LogP contribution in [0.4, 0.5) is 10.5 Å². The fraction of sp³-hybridized carbons (Fsp3) is 0.304. The van der Waals surface area contributed by atoms with E-state index in [1.165, 1.54) is 4.68 Å². The molecular formula is C23H25N5O4. The van der Waals surface area contributed by atoms with Crippen molar-refractivity contribution in [2.75, 3.05) is 18.4 Å². The fourth-order valence-electron chi connectivity index (χ4n) is 3.79. The Bertz CT molecular complexity index is 1260. The molecule has 2 aromatic carbocycles. The summed E-state index contributed by atoms with van der Waals surface area (Å²) in [6.07, 6.45) is 2.09. The number of amides is 3. The van der Waals surface area contributed by atoms with Crippen molar-refractivity contribution in [1.82, 2.24) is 20.0 Å². The van der Waals surface area contributed by atoms with E-state index in [9.17, 15) is 19.2 Å². The predicted octanol–water partition coefficient (Wildman–Crippen LogP) is 2.02. The van der Waals surface area contributed by atoms with Gasteiger partial charge in [0.05, 0.1) is 17.3 Å². The van der Waals surface area contributed by atoms with Crippen LogP contribution in [0, 0.1) is 0 Å². The summed E-state index contributed by atoms with van der Waals surface area (Å²) in [6, 6.07) is 13.8. The number of aromatic amines is 1. The lowest BCUT2D eigenvalue weighted by atomic mass is 10.2. The standard InChI is InChI=1S/C23H25N5O4/c29-20(10-13-28-22(31)19-9-2-1-8-18(19)21(30)26-28)24-15-16-6-5-7-17(14-16)25-23(32)27-11-3-4-12-27/h1-2,5-9,14H,3-4,10-13,15H2,(H,24,29)(H,25,32)(H,26,30). The lowest BCUT2D eigenvalue weighted by molar-refractivity contribution is -0.121. The zero-order chi connectivity index (χ0) is 22.5. The number of benzene rings is 2. The second-order valence-corrected chi connectivity index (χ2v) is 7.79. The molecule has 0 bridgehead atoms. The highest BCUT2D eigenvalue weighted by atomic mass is 16.2. The van der Waals surface area contributed by atoms with Crippen molar-refractivity contribution in [3.8, 4) is 0 Å². The quantitative estimate of drug-likeness (QED) is 0.549. The second-order valence-electron chi connectivity index (χ2n) is 7.79. The topological polar surface area (TPSA) is 116 Å². The van der Waals surface area contributed by atoms with Crippen LogP contribution in [0.1, 0.15) is 24.8 Å². The molecule has 0 saturated carbocycles. The van der Waals surface area contributed by atoms with Crippen molar-refractivity contribution >= 4 is 28.4 Å². The van der Waals surface area contributed by atoms with Gasteiger partial charge in [0.1, 0.15) is 0 Å². The number of aromatic nitrogens is 2. The summed E-state index contributed by atoms with van der Waals surface area (Å²) in [5, 5.41) is 8.87. The molecule has 1 aromatic heterocycles. The summed E-state index contributed by atoms with van der Waals surface area (Å²) in [5.41, 5.74) is 0.811. The molecular weight excluding hydrogens is 410 g/mol. The van der Waals surface area contributed by atoms with Crippen molar-refractivity contribution in [3.63, 3.8) is 0 Å². The summed E-state index contributed by atoms with van der Waals surface area (Å²) < 4.78 is 1.17. The molecule has 1 fully saturated rings. The van der Waals surface area contributed by atoms with E-state index >= 15 is 0 Å². The first kappa shape index (κ1) is 21.4. The molecule has 0 spiro atoms. The maximum atomic E-state index is 12.5. The van der Waals surface area contributed by atoms with Crippen LogP contribution >= 0.6 is 0 Å². The minimum atomic E-state index is -0.367. The van der Waals surface area contributed by atoms with E-state index in [0.29, 0.717) is 16.5 Å². The number of anilines is 1. The lowest BCUT2D eigenvalue weighted by Crippen LogP contribution is -2.32. The van der Waals surface area contributed by atoms with Crippen LogP contribution in [0.3, 0.4) is 0 Å². The van der Waals surface area contributed by atoms with Crippen LogP contribution in [0.15, 0.2) is 58.1 Å². The minimum absolute atomic E-state index is 0.0412. The van der Waals surface area contributed by atoms with E-state index in [1.807, 2.05) is 24.3 Å². The lowest BCUT2D eigenvalue weighted by Gasteiger charge is -2.16. The average Bonchev–Trinajstić information content (AvgIpc) is 3.35. The zero-order valence-corrected chi connectivity index (χ0v) is 17.6. The maximum Gasteiger partial charge on any atom is 0.321 e. The second kappa shape index (κ2) is 9.51. The molecule has 166 valence electrons. The molecule has 0 atom stereocenters. The van der Waals surface area contributed by atoms with Gasteiger partial charge in [0.25, 0.3) is 11.1 Å². The number of urea groups is 1. The third-order valence-electron chi connectivity index (χ3n) is 5.51. The highest BCUT2D eigenvalue weighted by molar-refractivity contribution is 5.89. The summed E-state index contributed by atoms with van der Waals surface area (Å²) in [4.78, 5) is 51.0. The molecule has 3 amide bonds. The molecule has 0 aliphatic carbocycles. The van der Waals surface area contributed by atoms with Gasteiger partial charge in [-0.15, -0.1) is 0 Å². The molecule has 0 radical (unpaired) electrons. The first-order valence-corrected chi connectivity index (χ1v) is 10.6. The van der Waals surface area contributed by atoms with E-state index in [4.69, 9.17) is 0 Å². The summed E-state index contributed by atoms with van der Waals surface area (Å²) in [5.74, 6) is -0.252. The third-order valence-corrected chi connectivity index (χ3v) is 5.51. The summed E-state index contributed by atoms with van der Waals surface area (Å²) in [6.45, 7) is 1.90. The predicted molar refractivity (Wildman–Crippen MR) is 122 cm³/mol. The number of carbonyl (C=O) groups excluding carboxylic acids is 2.